The Bertz CT molecular complexity index is 938. The van der Waals surface area contributed by atoms with Gasteiger partial charge in [0.1, 0.15) is 17.4 Å². The van der Waals surface area contributed by atoms with Gasteiger partial charge in [0.25, 0.3) is 5.56 Å². The van der Waals surface area contributed by atoms with Gasteiger partial charge in [-0.3, -0.25) is 14.2 Å². The van der Waals surface area contributed by atoms with Crippen LogP contribution >= 0.6 is 0 Å². The summed E-state index contributed by atoms with van der Waals surface area (Å²) in [6.07, 6.45) is 2.50. The standard InChI is InChI=1S/C21H24N2O4/c1-4-6-7-11-23-20(25)17(13-22)14(3)18(21(23)26)19(24)15-9-8-10-16(12-15)27-5-2/h8-10,12,26H,4-7,11H2,1-3H3. The van der Waals surface area contributed by atoms with Gasteiger partial charge in [-0.2, -0.15) is 5.26 Å². The highest BCUT2D eigenvalue weighted by Gasteiger charge is 2.25. The molecule has 1 N–H and O–H groups in total. The molecule has 142 valence electrons. The minimum absolute atomic E-state index is 0.0173. The smallest absolute Gasteiger partial charge is 0.271 e. The maximum Gasteiger partial charge on any atom is 0.271 e. The number of hydrogen-bond acceptors (Lipinski definition) is 5. The van der Waals surface area contributed by atoms with E-state index in [4.69, 9.17) is 4.74 Å². The molecule has 6 heteroatoms. The van der Waals surface area contributed by atoms with Crippen molar-refractivity contribution in [1.82, 2.24) is 4.57 Å². The number of ether oxygens (including phenoxy) is 1. The molecule has 0 aliphatic rings. The van der Waals surface area contributed by atoms with Gasteiger partial charge >= 0.3 is 0 Å². The van der Waals surface area contributed by atoms with Crippen LogP contribution in [0.5, 0.6) is 11.6 Å². The van der Waals surface area contributed by atoms with Crippen LogP contribution in [0.4, 0.5) is 0 Å². The molecule has 0 amide bonds. The number of aromatic hydroxyl groups is 1. The average molecular weight is 368 g/mol. The van der Waals surface area contributed by atoms with Crippen LogP contribution < -0.4 is 10.3 Å². The predicted molar refractivity (Wildman–Crippen MR) is 102 cm³/mol. The van der Waals surface area contributed by atoms with Crippen molar-refractivity contribution >= 4 is 5.78 Å². The van der Waals surface area contributed by atoms with E-state index in [9.17, 15) is 20.0 Å². The van der Waals surface area contributed by atoms with Gasteiger partial charge in [0.05, 0.1) is 12.2 Å². The molecule has 0 spiro atoms. The van der Waals surface area contributed by atoms with Crippen LogP contribution in [0.15, 0.2) is 29.1 Å². The van der Waals surface area contributed by atoms with E-state index in [1.807, 2.05) is 19.9 Å². The lowest BCUT2D eigenvalue weighted by Crippen LogP contribution is -2.27. The first-order valence-electron chi connectivity index (χ1n) is 9.10. The Morgan fingerprint density at radius 3 is 2.67 bits per heavy atom. The van der Waals surface area contributed by atoms with E-state index < -0.39 is 11.3 Å². The van der Waals surface area contributed by atoms with E-state index in [-0.39, 0.29) is 29.1 Å². The van der Waals surface area contributed by atoms with Crippen LogP contribution in [0.1, 0.15) is 60.2 Å². The number of pyridine rings is 1. The molecule has 6 nitrogen and oxygen atoms in total. The third-order valence-electron chi connectivity index (χ3n) is 4.42. The van der Waals surface area contributed by atoms with Crippen LogP contribution in [-0.2, 0) is 6.54 Å². The number of nitrogens with zero attached hydrogens (tertiary/aromatic N) is 2. The summed E-state index contributed by atoms with van der Waals surface area (Å²) in [6.45, 7) is 6.10. The van der Waals surface area contributed by atoms with Gasteiger partial charge in [0.2, 0.25) is 5.88 Å². The van der Waals surface area contributed by atoms with Gasteiger partial charge in [-0.25, -0.2) is 0 Å². The molecule has 0 saturated heterocycles. The summed E-state index contributed by atoms with van der Waals surface area (Å²) in [7, 11) is 0. The van der Waals surface area contributed by atoms with Gasteiger partial charge in [-0.1, -0.05) is 31.9 Å². The summed E-state index contributed by atoms with van der Waals surface area (Å²) in [5, 5.41) is 20.1. The molecule has 2 rings (SSSR count). The molecule has 0 aliphatic carbocycles. The quantitative estimate of drug-likeness (QED) is 0.568. The zero-order chi connectivity index (χ0) is 20.0. The first-order valence-corrected chi connectivity index (χ1v) is 9.10. The summed E-state index contributed by atoms with van der Waals surface area (Å²) < 4.78 is 6.55. The lowest BCUT2D eigenvalue weighted by Gasteiger charge is -2.15. The molecule has 0 atom stereocenters. The molecule has 0 radical (unpaired) electrons. The number of benzene rings is 1. The van der Waals surface area contributed by atoms with Crippen LogP contribution in [0.25, 0.3) is 0 Å². The second kappa shape index (κ2) is 9.04. The molecule has 2 aromatic rings. The molecular formula is C21H24N2O4. The van der Waals surface area contributed by atoms with E-state index in [0.717, 1.165) is 17.4 Å². The fraction of sp³-hybridized carbons (Fsp3) is 0.381. The zero-order valence-corrected chi connectivity index (χ0v) is 15.9. The highest BCUT2D eigenvalue weighted by Crippen LogP contribution is 2.26. The molecule has 0 fully saturated rings. The SMILES string of the molecule is CCCCCn1c(O)c(C(=O)c2cccc(OCC)c2)c(C)c(C#N)c1=O. The lowest BCUT2D eigenvalue weighted by molar-refractivity contribution is 0.103. The van der Waals surface area contributed by atoms with Gasteiger partial charge in [-0.05, 0) is 38.0 Å². The number of ketones is 1. The van der Waals surface area contributed by atoms with E-state index in [1.165, 1.54) is 6.92 Å². The van der Waals surface area contributed by atoms with Crippen molar-refractivity contribution in [3.8, 4) is 17.7 Å². The highest BCUT2D eigenvalue weighted by molar-refractivity contribution is 6.11. The average Bonchev–Trinajstić information content (AvgIpc) is 2.65. The Labute approximate surface area is 158 Å². The Hall–Kier alpha value is -3.07. The number of aromatic nitrogens is 1. The van der Waals surface area contributed by atoms with Crippen molar-refractivity contribution in [3.05, 3.63) is 56.9 Å². The normalized spacial score (nSPS) is 10.4. The van der Waals surface area contributed by atoms with E-state index in [1.54, 1.807) is 24.3 Å². The maximum atomic E-state index is 13.1. The summed E-state index contributed by atoms with van der Waals surface area (Å²) in [6, 6.07) is 8.50. The van der Waals surface area contributed by atoms with Gasteiger partial charge in [0, 0.05) is 12.1 Å². The molecular weight excluding hydrogens is 344 g/mol. The van der Waals surface area contributed by atoms with Crippen LogP contribution in [-0.4, -0.2) is 22.1 Å². The lowest BCUT2D eigenvalue weighted by atomic mass is 9.97. The summed E-state index contributed by atoms with van der Waals surface area (Å²) in [5.41, 5.74) is -0.186. The van der Waals surface area contributed by atoms with Crippen molar-refractivity contribution in [2.45, 2.75) is 46.6 Å². The summed E-state index contributed by atoms with van der Waals surface area (Å²) in [5.74, 6) is -0.302. The Kier molecular flexibility index (Phi) is 6.78. The Morgan fingerprint density at radius 2 is 2.04 bits per heavy atom. The predicted octanol–water partition coefficient (Wildman–Crippen LogP) is 3.55. The number of nitriles is 1. The monoisotopic (exact) mass is 368 g/mol. The second-order valence-corrected chi connectivity index (χ2v) is 6.26. The van der Waals surface area contributed by atoms with E-state index in [2.05, 4.69) is 0 Å². The Morgan fingerprint density at radius 1 is 1.30 bits per heavy atom. The van der Waals surface area contributed by atoms with Crippen molar-refractivity contribution < 1.29 is 14.6 Å². The number of carbonyl (C=O) groups excluding carboxylic acids is 1. The molecule has 0 bridgehead atoms. The molecule has 1 aromatic carbocycles. The third-order valence-corrected chi connectivity index (χ3v) is 4.42. The maximum absolute atomic E-state index is 13.1. The number of hydrogen-bond donors (Lipinski definition) is 1. The van der Waals surface area contributed by atoms with Crippen molar-refractivity contribution in [1.29, 1.82) is 5.26 Å². The van der Waals surface area contributed by atoms with E-state index >= 15 is 0 Å². The second-order valence-electron chi connectivity index (χ2n) is 6.26. The fourth-order valence-corrected chi connectivity index (χ4v) is 2.99. The van der Waals surface area contributed by atoms with Crippen molar-refractivity contribution in [2.75, 3.05) is 6.61 Å². The number of rotatable bonds is 8. The molecule has 0 saturated carbocycles. The molecule has 1 aromatic heterocycles. The highest BCUT2D eigenvalue weighted by atomic mass is 16.5. The minimum atomic E-state index is -0.566. The van der Waals surface area contributed by atoms with Crippen LogP contribution in [0.2, 0.25) is 0 Å². The van der Waals surface area contributed by atoms with Crippen molar-refractivity contribution in [2.24, 2.45) is 0 Å². The number of carbonyl (C=O) groups is 1. The first kappa shape index (κ1) is 20.2. The van der Waals surface area contributed by atoms with Gasteiger partial charge in [-0.15, -0.1) is 0 Å². The third kappa shape index (κ3) is 4.20. The van der Waals surface area contributed by atoms with Crippen molar-refractivity contribution in [3.63, 3.8) is 0 Å². The zero-order valence-electron chi connectivity index (χ0n) is 15.9. The topological polar surface area (TPSA) is 92.3 Å². The van der Waals surface area contributed by atoms with Crippen LogP contribution in [0.3, 0.4) is 0 Å². The summed E-state index contributed by atoms with van der Waals surface area (Å²) in [4.78, 5) is 25.6. The molecule has 0 aliphatic heterocycles. The molecule has 0 unspecified atom stereocenters. The van der Waals surface area contributed by atoms with E-state index in [0.29, 0.717) is 24.3 Å². The fourth-order valence-electron chi connectivity index (χ4n) is 2.99. The largest absolute Gasteiger partial charge is 0.494 e. The Balaban J connectivity index is 2.60. The van der Waals surface area contributed by atoms with Gasteiger partial charge in [0.15, 0.2) is 5.78 Å². The summed E-state index contributed by atoms with van der Waals surface area (Å²) >= 11 is 0. The molecule has 1 heterocycles. The first-order chi connectivity index (χ1) is 13.0. The van der Waals surface area contributed by atoms with Crippen LogP contribution in [0, 0.1) is 18.3 Å². The minimum Gasteiger partial charge on any atom is -0.494 e. The molecule has 27 heavy (non-hydrogen) atoms. The van der Waals surface area contributed by atoms with Gasteiger partial charge < -0.3 is 9.84 Å². The number of unbranched alkanes of at least 4 members (excludes halogenated alkanes) is 2.